The van der Waals surface area contributed by atoms with Crippen LogP contribution in [0.15, 0.2) is 0 Å². The molecular formula is C60H108N10O27. The largest absolute Gasteiger partial charge is 0.394 e. The Kier molecular flexibility index (Phi) is 42.7. The van der Waals surface area contributed by atoms with Crippen molar-refractivity contribution in [2.24, 2.45) is 0 Å². The van der Waals surface area contributed by atoms with Gasteiger partial charge in [-0.15, -0.1) is 0 Å². The molecule has 19 N–H and O–H groups in total. The lowest BCUT2D eigenvalue weighted by atomic mass is 9.97. The molecule has 37 heteroatoms. The van der Waals surface area contributed by atoms with Crippen molar-refractivity contribution in [3.05, 3.63) is 0 Å². The van der Waals surface area contributed by atoms with Crippen LogP contribution in [-0.4, -0.2) is 322 Å². The first-order valence-electron chi connectivity index (χ1n) is 32.9. The molecule has 0 spiro atoms. The molecule has 3 aliphatic rings. The van der Waals surface area contributed by atoms with Crippen LogP contribution >= 0.6 is 0 Å². The summed E-state index contributed by atoms with van der Waals surface area (Å²) < 4.78 is 51.3. The van der Waals surface area contributed by atoms with Gasteiger partial charge in [-0.3, -0.25) is 43.2 Å². The van der Waals surface area contributed by atoms with E-state index >= 15 is 0 Å². The average Bonchev–Trinajstić information content (AvgIpc) is 0.827. The molecule has 9 amide bonds. The fourth-order valence-electron chi connectivity index (χ4n) is 10.1. The minimum absolute atomic E-state index is 0.000909. The lowest BCUT2D eigenvalue weighted by Gasteiger charge is -2.42. The van der Waals surface area contributed by atoms with E-state index in [0.29, 0.717) is 44.9 Å². The van der Waals surface area contributed by atoms with Gasteiger partial charge in [-0.1, -0.05) is 0 Å². The van der Waals surface area contributed by atoms with Crippen LogP contribution in [0.2, 0.25) is 0 Å². The van der Waals surface area contributed by atoms with Crippen LogP contribution in [0, 0.1) is 0 Å². The summed E-state index contributed by atoms with van der Waals surface area (Å²) in [5.74, 6) is -3.28. The molecular weight excluding hydrogens is 1290 g/mol. The smallest absolute Gasteiger partial charge is 0.222 e. The quantitative estimate of drug-likeness (QED) is 0.0252. The van der Waals surface area contributed by atoms with Crippen LogP contribution < -0.4 is 53.2 Å². The third-order valence-electron chi connectivity index (χ3n) is 15.6. The minimum atomic E-state index is -1.50. The second kappa shape index (κ2) is 48.3. The molecule has 3 fully saturated rings. The summed E-state index contributed by atoms with van der Waals surface area (Å²) in [7, 11) is 1.65. The van der Waals surface area contributed by atoms with E-state index in [1.165, 1.54) is 20.8 Å². The van der Waals surface area contributed by atoms with Crippen LogP contribution in [-0.2, 0) is 85.8 Å². The zero-order valence-electron chi connectivity index (χ0n) is 56.0. The van der Waals surface area contributed by atoms with Crippen LogP contribution in [0.25, 0.3) is 0 Å². The number of unbranched alkanes of at least 4 members (excludes halogenated alkanes) is 2. The van der Waals surface area contributed by atoms with E-state index < -0.39 is 141 Å². The first kappa shape index (κ1) is 85.7. The zero-order chi connectivity index (χ0) is 71.7. The van der Waals surface area contributed by atoms with Crippen LogP contribution in [0.5, 0.6) is 0 Å². The Labute approximate surface area is 563 Å². The maximum absolute atomic E-state index is 12.7. The highest BCUT2D eigenvalue weighted by molar-refractivity contribution is 5.78. The molecule has 0 radical (unpaired) electrons. The van der Waals surface area contributed by atoms with E-state index in [0.717, 1.165) is 0 Å². The van der Waals surface area contributed by atoms with E-state index in [9.17, 15) is 89.1 Å². The van der Waals surface area contributed by atoms with Crippen LogP contribution in [0.3, 0.4) is 0 Å². The van der Waals surface area contributed by atoms with Crippen molar-refractivity contribution in [1.29, 1.82) is 0 Å². The Morgan fingerprint density at radius 2 is 0.608 bits per heavy atom. The Morgan fingerprint density at radius 3 is 0.866 bits per heavy atom. The van der Waals surface area contributed by atoms with Crippen molar-refractivity contribution < 1.29 is 132 Å². The standard InChI is InChI=1S/C60H108N10O27/c1-36(74)68-48-54(86)51(83)39(30-71)95-57(48)92-24-7-5-12-42(77)62-18-9-20-64-44(79)14-26-89-33-60(61-4,35-91-28-16-46(81)66-22-11-23-67-47(82)17-29-94-59-50(70-38(3)76)56(88)53(85)41(32-73)97-59)34-90-27-15-45(80)65-21-10-19-63-43(78)13-6-8-25-93-58-49(69-37(2)75)55(87)52(84)40(31-72)96-58/h39-41,48-59,61,71-73,83-88H,5-35H2,1-4H3,(H,62,77)(H,63,78)(H,64,79)(H,65,80)(H,66,81)(H,67,82)(H,68,74)(H,69,75)(H,70,76)/t39?,40?,41?,48-,49?,50?,51-,52-,53-,54?,55?,56?,57+,58+,59+,60?/m0/s1. The van der Waals surface area contributed by atoms with Gasteiger partial charge >= 0.3 is 0 Å². The summed E-state index contributed by atoms with van der Waals surface area (Å²) in [5.41, 5.74) is -1.01. The van der Waals surface area contributed by atoms with Crippen LogP contribution in [0.1, 0.15) is 104 Å². The summed E-state index contributed by atoms with van der Waals surface area (Å²) in [6, 6.07) is -3.30. The summed E-state index contributed by atoms with van der Waals surface area (Å²) in [6.45, 7) is 3.35. The molecule has 0 bridgehead atoms. The molecule has 3 rings (SSSR count). The number of likely N-dealkylation sites (N-methyl/N-ethyl adjacent to an activating group) is 1. The molecule has 0 aromatic carbocycles. The molecule has 3 aliphatic heterocycles. The highest BCUT2D eigenvalue weighted by Crippen LogP contribution is 2.25. The fraction of sp³-hybridized carbons (Fsp3) is 0.850. The van der Waals surface area contributed by atoms with Gasteiger partial charge in [0.05, 0.1) is 78.0 Å². The monoisotopic (exact) mass is 1400 g/mol. The van der Waals surface area contributed by atoms with Crippen molar-refractivity contribution in [2.75, 3.05) is 126 Å². The highest BCUT2D eigenvalue weighted by atomic mass is 16.7. The first-order chi connectivity index (χ1) is 46.4. The third-order valence-corrected chi connectivity index (χ3v) is 15.6. The summed E-state index contributed by atoms with van der Waals surface area (Å²) >= 11 is 0. The predicted molar refractivity (Wildman–Crippen MR) is 336 cm³/mol. The number of ether oxygens (including phenoxy) is 9. The van der Waals surface area contributed by atoms with Crippen molar-refractivity contribution in [3.8, 4) is 0 Å². The molecule has 16 atom stereocenters. The number of hydrogen-bond donors (Lipinski definition) is 19. The summed E-state index contributed by atoms with van der Waals surface area (Å²) in [5, 5.41) is 118. The Balaban J connectivity index is 1.37. The average molecular weight is 1400 g/mol. The minimum Gasteiger partial charge on any atom is -0.394 e. The molecule has 0 aromatic rings. The Hall–Kier alpha value is -5.53. The number of carbonyl (C=O) groups excluding carboxylic acids is 9. The summed E-state index contributed by atoms with van der Waals surface area (Å²) in [6.07, 6.45) is -12.6. The first-order valence-corrected chi connectivity index (χ1v) is 32.9. The lowest BCUT2D eigenvalue weighted by molar-refractivity contribution is -0.270. The molecule has 9 unspecified atom stereocenters. The topological polar surface area (TPSA) is 539 Å². The molecule has 97 heavy (non-hydrogen) atoms. The zero-order valence-corrected chi connectivity index (χ0v) is 56.0. The van der Waals surface area contributed by atoms with E-state index in [2.05, 4.69) is 53.2 Å². The molecule has 0 saturated carbocycles. The van der Waals surface area contributed by atoms with E-state index in [1.54, 1.807) is 7.05 Å². The predicted octanol–water partition coefficient (Wildman–Crippen LogP) is -8.36. The van der Waals surface area contributed by atoms with Gasteiger partial charge in [-0.2, -0.15) is 0 Å². The number of rotatable bonds is 50. The third kappa shape index (κ3) is 33.5. The second-order valence-electron chi connectivity index (χ2n) is 23.7. The number of hydrogen-bond acceptors (Lipinski definition) is 28. The van der Waals surface area contributed by atoms with Crippen molar-refractivity contribution in [3.63, 3.8) is 0 Å². The van der Waals surface area contributed by atoms with Gasteiger partial charge in [-0.05, 0) is 52.0 Å². The van der Waals surface area contributed by atoms with Gasteiger partial charge in [0.2, 0.25) is 53.2 Å². The molecule has 3 saturated heterocycles. The fourth-order valence-corrected chi connectivity index (χ4v) is 10.1. The highest BCUT2D eigenvalue weighted by Gasteiger charge is 2.48. The van der Waals surface area contributed by atoms with Gasteiger partial charge in [0.25, 0.3) is 0 Å². The Morgan fingerprint density at radius 1 is 0.351 bits per heavy atom. The van der Waals surface area contributed by atoms with Gasteiger partial charge < -0.3 is 142 Å². The maximum atomic E-state index is 12.7. The molecule has 3 heterocycles. The van der Waals surface area contributed by atoms with Gasteiger partial charge in [0.1, 0.15) is 73.1 Å². The number of aliphatic hydroxyl groups excluding tert-OH is 9. The van der Waals surface area contributed by atoms with Gasteiger partial charge in [0, 0.05) is 105 Å². The normalized spacial score (nSPS) is 26.1. The maximum Gasteiger partial charge on any atom is 0.222 e. The van der Waals surface area contributed by atoms with Crippen LogP contribution in [0.4, 0.5) is 0 Å². The SMILES string of the molecule is CNC(COCCC(=O)NCCCNC(=O)CCCCO[C@@H]1OC(CO)[C@H](O)C(O)C1NC(C)=O)(COCCC(=O)NCCCNC(=O)CCCCO[C@@H]1OC(CO)[C@H](O)C(O)[C@@H]1NC(C)=O)COCCC(=O)NCCCNC(=O)CCO[C@@H]1OC(CO)[C@H](O)C(O)C1NC(C)=O. The van der Waals surface area contributed by atoms with E-state index in [1.807, 2.05) is 0 Å². The Bertz CT molecular complexity index is 2240. The van der Waals surface area contributed by atoms with Crippen molar-refractivity contribution >= 4 is 53.2 Å². The number of nitrogens with one attached hydrogen (secondary N) is 10. The second-order valence-corrected chi connectivity index (χ2v) is 23.7. The molecule has 0 aromatic heterocycles. The lowest BCUT2D eigenvalue weighted by Crippen LogP contribution is -2.64. The van der Waals surface area contributed by atoms with Crippen molar-refractivity contribution in [1.82, 2.24) is 53.2 Å². The molecule has 0 aliphatic carbocycles. The number of amides is 9. The van der Waals surface area contributed by atoms with Gasteiger partial charge in [-0.25, -0.2) is 0 Å². The molecule has 560 valence electrons. The molecule has 37 nitrogen and oxygen atoms in total. The number of carbonyl (C=O) groups is 9. The summed E-state index contributed by atoms with van der Waals surface area (Å²) in [4.78, 5) is 111. The number of aliphatic hydroxyl groups is 9. The van der Waals surface area contributed by atoms with E-state index in [-0.39, 0.29) is 167 Å². The van der Waals surface area contributed by atoms with Gasteiger partial charge in [0.15, 0.2) is 18.9 Å². The van der Waals surface area contributed by atoms with Crippen molar-refractivity contribution in [2.45, 2.75) is 202 Å². The van der Waals surface area contributed by atoms with E-state index in [4.69, 9.17) is 42.6 Å².